The van der Waals surface area contributed by atoms with Crippen molar-refractivity contribution in [3.05, 3.63) is 0 Å². The fourth-order valence-corrected chi connectivity index (χ4v) is 1.12. The minimum absolute atomic E-state index is 0.105. The number of aldehydes is 1. The largest absolute Gasteiger partial charge is 0.390 e. The van der Waals surface area contributed by atoms with Gasteiger partial charge in [-0.3, -0.25) is 0 Å². The van der Waals surface area contributed by atoms with Crippen molar-refractivity contribution in [3.63, 3.8) is 0 Å². The van der Waals surface area contributed by atoms with Gasteiger partial charge in [-0.05, 0) is 0 Å². The average molecular weight is 290 g/mol. The van der Waals surface area contributed by atoms with Crippen molar-refractivity contribution in [1.82, 2.24) is 0 Å². The highest BCUT2D eigenvalue weighted by Gasteiger charge is 2.29. The van der Waals surface area contributed by atoms with E-state index < -0.39 is 24.4 Å². The van der Waals surface area contributed by atoms with Crippen LogP contribution in [0, 0.1) is 0 Å². The molecule has 0 fully saturated rings. The molecule has 0 unspecified atom stereocenters. The molecule has 0 radical (unpaired) electrons. The maximum Gasteiger partial charge on any atom is 0.151 e. The highest BCUT2D eigenvalue weighted by Crippen LogP contribution is 2.05. The number of rotatable bonds is 5. The number of carbonyl (C=O) groups is 1. The first kappa shape index (κ1) is 12.2. The van der Waals surface area contributed by atoms with E-state index in [0.717, 1.165) is 0 Å². The molecule has 6 heteroatoms. The fourth-order valence-electron chi connectivity index (χ4n) is 0.601. The van der Waals surface area contributed by atoms with Crippen molar-refractivity contribution in [3.8, 4) is 0 Å². The summed E-state index contributed by atoms with van der Waals surface area (Å²) in [5.74, 6) is 0. The number of hydrogen-bond acceptors (Lipinski definition) is 5. The molecule has 0 spiro atoms. The van der Waals surface area contributed by atoms with Crippen molar-refractivity contribution in [2.45, 2.75) is 24.4 Å². The van der Waals surface area contributed by atoms with Crippen LogP contribution in [0.3, 0.4) is 0 Å². The van der Waals surface area contributed by atoms with Crippen molar-refractivity contribution < 1.29 is 25.2 Å². The molecule has 72 valence electrons. The predicted molar refractivity (Wildman–Crippen MR) is 49.0 cm³/mol. The highest BCUT2D eigenvalue weighted by molar-refractivity contribution is 14.1. The molecule has 0 aromatic rings. The lowest BCUT2D eigenvalue weighted by molar-refractivity contribution is -0.131. The Labute approximate surface area is 83.2 Å². The first-order valence-electron chi connectivity index (χ1n) is 3.28. The molecule has 0 aliphatic heterocycles. The van der Waals surface area contributed by atoms with Crippen molar-refractivity contribution >= 4 is 28.9 Å². The topological polar surface area (TPSA) is 98.0 Å². The molecule has 5 nitrogen and oxygen atoms in total. The van der Waals surface area contributed by atoms with E-state index in [2.05, 4.69) is 0 Å². The van der Waals surface area contributed by atoms with E-state index in [1.165, 1.54) is 0 Å². The standard InChI is InChI=1S/C6H11IO5/c7-1-3(9)5(11)6(12)4(10)2-8/h2-6,9-12H,1H2/t3-,4+,5+,6-/m1/s1. The molecule has 0 aliphatic carbocycles. The second kappa shape index (κ2) is 5.81. The zero-order valence-electron chi connectivity index (χ0n) is 6.17. The summed E-state index contributed by atoms with van der Waals surface area (Å²) >= 11 is 1.81. The van der Waals surface area contributed by atoms with Crippen LogP contribution in [0.15, 0.2) is 0 Å². The third-order valence-corrected chi connectivity index (χ3v) is 2.29. The first-order chi connectivity index (χ1) is 5.54. The fraction of sp³-hybridized carbons (Fsp3) is 0.833. The van der Waals surface area contributed by atoms with Gasteiger partial charge in [0.25, 0.3) is 0 Å². The van der Waals surface area contributed by atoms with Gasteiger partial charge in [-0.1, -0.05) is 22.6 Å². The number of aliphatic hydroxyl groups excluding tert-OH is 4. The third kappa shape index (κ3) is 3.31. The summed E-state index contributed by atoms with van der Waals surface area (Å²) in [6.07, 6.45) is -5.82. The third-order valence-electron chi connectivity index (χ3n) is 1.39. The van der Waals surface area contributed by atoms with E-state index in [4.69, 9.17) is 20.4 Å². The summed E-state index contributed by atoms with van der Waals surface area (Å²) in [6.45, 7) is 0. The molecule has 0 heterocycles. The summed E-state index contributed by atoms with van der Waals surface area (Å²) in [7, 11) is 0. The molecule has 0 bridgehead atoms. The van der Waals surface area contributed by atoms with Crippen LogP contribution in [0.5, 0.6) is 0 Å². The minimum atomic E-state index is -1.66. The molecule has 4 N–H and O–H groups in total. The van der Waals surface area contributed by atoms with Gasteiger partial charge in [-0.25, -0.2) is 0 Å². The normalized spacial score (nSPS) is 21.1. The van der Waals surface area contributed by atoms with E-state index in [9.17, 15) is 4.79 Å². The maximum atomic E-state index is 9.96. The molecule has 4 atom stereocenters. The number of carbonyl (C=O) groups excluding carboxylic acids is 1. The van der Waals surface area contributed by atoms with E-state index in [-0.39, 0.29) is 10.7 Å². The monoisotopic (exact) mass is 290 g/mol. The Hall–Kier alpha value is 0.240. The van der Waals surface area contributed by atoms with E-state index in [0.29, 0.717) is 0 Å². The van der Waals surface area contributed by atoms with Crippen LogP contribution in [-0.4, -0.2) is 55.6 Å². The van der Waals surface area contributed by atoms with Gasteiger partial charge in [0.1, 0.15) is 18.3 Å². The van der Waals surface area contributed by atoms with Crippen LogP contribution in [0.25, 0.3) is 0 Å². The van der Waals surface area contributed by atoms with E-state index in [1.54, 1.807) is 22.6 Å². The van der Waals surface area contributed by atoms with Crippen LogP contribution in [-0.2, 0) is 4.79 Å². The zero-order valence-corrected chi connectivity index (χ0v) is 8.33. The summed E-state index contributed by atoms with van der Waals surface area (Å²) in [5, 5.41) is 35.8. The Morgan fingerprint density at radius 1 is 1.17 bits per heavy atom. The molecule has 0 aromatic carbocycles. The predicted octanol–water partition coefficient (Wildman–Crippen LogP) is -1.94. The summed E-state index contributed by atoms with van der Waals surface area (Å²) in [6, 6.07) is 0. The molecule has 0 amide bonds. The van der Waals surface area contributed by atoms with Gasteiger partial charge in [0, 0.05) is 4.43 Å². The molecule has 0 saturated heterocycles. The van der Waals surface area contributed by atoms with Gasteiger partial charge in [0.2, 0.25) is 0 Å². The first-order valence-corrected chi connectivity index (χ1v) is 4.80. The van der Waals surface area contributed by atoms with Gasteiger partial charge in [0.05, 0.1) is 6.10 Å². The van der Waals surface area contributed by atoms with Crippen molar-refractivity contribution in [2.24, 2.45) is 0 Å². The molecular formula is C6H11IO5. The number of alkyl halides is 1. The van der Waals surface area contributed by atoms with E-state index in [1.807, 2.05) is 0 Å². The number of hydrogen-bond donors (Lipinski definition) is 4. The van der Waals surface area contributed by atoms with Gasteiger partial charge in [0.15, 0.2) is 6.29 Å². The quantitative estimate of drug-likeness (QED) is 0.268. The smallest absolute Gasteiger partial charge is 0.151 e. The van der Waals surface area contributed by atoms with Gasteiger partial charge in [-0.2, -0.15) is 0 Å². The van der Waals surface area contributed by atoms with Crippen LogP contribution in [0.2, 0.25) is 0 Å². The van der Waals surface area contributed by atoms with Crippen LogP contribution < -0.4 is 0 Å². The molecular weight excluding hydrogens is 279 g/mol. The van der Waals surface area contributed by atoms with Gasteiger partial charge in [-0.15, -0.1) is 0 Å². The Balaban J connectivity index is 4.07. The Morgan fingerprint density at radius 2 is 1.67 bits per heavy atom. The molecule has 0 aromatic heterocycles. The van der Waals surface area contributed by atoms with Gasteiger partial charge >= 0.3 is 0 Å². The summed E-state index contributed by atoms with van der Waals surface area (Å²) in [5.41, 5.74) is 0. The van der Waals surface area contributed by atoms with Crippen molar-refractivity contribution in [2.75, 3.05) is 4.43 Å². The summed E-state index contributed by atoms with van der Waals surface area (Å²) < 4.78 is 0.210. The van der Waals surface area contributed by atoms with Gasteiger partial charge < -0.3 is 25.2 Å². The molecule has 0 saturated carbocycles. The molecule has 0 aliphatic rings. The molecule has 12 heavy (non-hydrogen) atoms. The number of halogens is 1. The Kier molecular flexibility index (Phi) is 5.93. The van der Waals surface area contributed by atoms with E-state index >= 15 is 0 Å². The minimum Gasteiger partial charge on any atom is -0.390 e. The number of aliphatic hydroxyl groups is 4. The zero-order chi connectivity index (χ0) is 9.72. The van der Waals surface area contributed by atoms with Crippen LogP contribution >= 0.6 is 22.6 Å². The molecule has 0 rings (SSSR count). The Bertz CT molecular complexity index is 142. The second-order valence-electron chi connectivity index (χ2n) is 2.33. The SMILES string of the molecule is O=C[C@H](O)[C@@H](O)[C@@H](O)[C@H](O)CI. The highest BCUT2D eigenvalue weighted by atomic mass is 127. The average Bonchev–Trinajstić information content (AvgIpc) is 2.12. The lowest BCUT2D eigenvalue weighted by Crippen LogP contribution is -2.45. The second-order valence-corrected chi connectivity index (χ2v) is 3.21. The van der Waals surface area contributed by atoms with Crippen molar-refractivity contribution in [1.29, 1.82) is 0 Å². The van der Waals surface area contributed by atoms with Crippen LogP contribution in [0.4, 0.5) is 0 Å². The summed E-state index contributed by atoms with van der Waals surface area (Å²) in [4.78, 5) is 9.96. The lowest BCUT2D eigenvalue weighted by atomic mass is 10.1. The maximum absolute atomic E-state index is 9.96. The lowest BCUT2D eigenvalue weighted by Gasteiger charge is -2.22. The van der Waals surface area contributed by atoms with Crippen LogP contribution in [0.1, 0.15) is 0 Å². The Morgan fingerprint density at radius 3 is 2.00 bits per heavy atom.